The zero-order valence-electron chi connectivity index (χ0n) is 20.8. The molecule has 0 fully saturated rings. The van der Waals surface area contributed by atoms with Crippen LogP contribution in [0.15, 0.2) is 115 Å². The summed E-state index contributed by atoms with van der Waals surface area (Å²) in [7, 11) is 0. The van der Waals surface area contributed by atoms with E-state index in [-0.39, 0.29) is 5.82 Å². The van der Waals surface area contributed by atoms with Crippen LogP contribution in [0.3, 0.4) is 0 Å². The lowest BCUT2D eigenvalue weighted by Gasteiger charge is -2.10. The second-order valence-electron chi connectivity index (χ2n) is 11.0. The number of hydrogen-bond donors (Lipinski definition) is 0. The minimum Gasteiger partial charge on any atom is -0.207 e. The van der Waals surface area contributed by atoms with E-state index in [0.29, 0.717) is 0 Å². The summed E-state index contributed by atoms with van der Waals surface area (Å²) < 4.78 is 15.4. The highest BCUT2D eigenvalue weighted by Gasteiger charge is 2.20. The van der Waals surface area contributed by atoms with E-state index in [2.05, 4.69) is 103 Å². The largest absolute Gasteiger partial charge is 0.207 e. The van der Waals surface area contributed by atoms with E-state index < -0.39 is 0 Å². The Morgan fingerprint density at radius 2 is 0.615 bits per heavy atom. The van der Waals surface area contributed by atoms with Gasteiger partial charge in [0.2, 0.25) is 0 Å². The predicted molar refractivity (Wildman–Crippen MR) is 166 cm³/mol. The third-order valence-corrected chi connectivity index (χ3v) is 9.09. The van der Waals surface area contributed by atoms with Crippen LogP contribution in [0.2, 0.25) is 0 Å². The van der Waals surface area contributed by atoms with Gasteiger partial charge in [0.25, 0.3) is 0 Å². The van der Waals surface area contributed by atoms with Gasteiger partial charge in [0.15, 0.2) is 0 Å². The normalized spacial score (nSPS) is 12.7. The molecule has 0 bridgehead atoms. The number of halogens is 1. The first kappa shape index (κ1) is 20.0. The van der Waals surface area contributed by atoms with Crippen LogP contribution in [0.4, 0.5) is 4.39 Å². The van der Waals surface area contributed by atoms with Crippen molar-refractivity contribution < 1.29 is 4.39 Å². The third kappa shape index (κ3) is 2.40. The Hall–Kier alpha value is -5.01. The molecule has 0 amide bonds. The third-order valence-electron chi connectivity index (χ3n) is 9.09. The van der Waals surface area contributed by atoms with E-state index in [9.17, 15) is 0 Å². The first-order valence-corrected chi connectivity index (χ1v) is 13.5. The maximum Gasteiger partial charge on any atom is 0.124 e. The summed E-state index contributed by atoms with van der Waals surface area (Å²) in [5, 5.41) is 21.5. The van der Waals surface area contributed by atoms with Gasteiger partial charge in [-0.25, -0.2) is 4.39 Å². The molecule has 1 heteroatoms. The summed E-state index contributed by atoms with van der Waals surface area (Å²) in [5.74, 6) is -0.186. The van der Waals surface area contributed by atoms with E-state index in [4.69, 9.17) is 0 Å². The topological polar surface area (TPSA) is 0 Å². The molecule has 0 unspecified atom stereocenters. The lowest BCUT2D eigenvalue weighted by molar-refractivity contribution is 0.631. The Labute approximate surface area is 222 Å². The van der Waals surface area contributed by atoms with Gasteiger partial charge in [0.05, 0.1) is 0 Å². The number of fused-ring (bicyclic) bond motifs is 11. The smallest absolute Gasteiger partial charge is 0.124 e. The van der Waals surface area contributed by atoms with Crippen molar-refractivity contribution in [3.05, 3.63) is 121 Å². The van der Waals surface area contributed by atoms with Crippen LogP contribution in [0.25, 0.3) is 97.0 Å². The fraction of sp³-hybridized carbons (Fsp3) is 0. The summed E-state index contributed by atoms with van der Waals surface area (Å²) in [6.45, 7) is 0. The van der Waals surface area contributed by atoms with Gasteiger partial charge in [0.1, 0.15) is 5.82 Å². The molecule has 0 atom stereocenters. The molecular weight excluding hydrogens is 475 g/mol. The van der Waals surface area contributed by atoms with Crippen molar-refractivity contribution in [2.24, 2.45) is 0 Å². The maximum absolute atomic E-state index is 15.4. The van der Waals surface area contributed by atoms with E-state index in [1.807, 2.05) is 0 Å². The van der Waals surface area contributed by atoms with E-state index in [0.717, 1.165) is 26.9 Å². The Kier molecular flexibility index (Phi) is 3.44. The molecule has 0 spiro atoms. The van der Waals surface area contributed by atoms with Crippen LogP contribution < -0.4 is 0 Å². The minimum absolute atomic E-state index is 0.186. The Bertz CT molecular complexity index is 2660. The van der Waals surface area contributed by atoms with Crippen LogP contribution in [0.5, 0.6) is 0 Å². The predicted octanol–water partition coefficient (Wildman–Crippen LogP) is 11.1. The summed E-state index contributed by atoms with van der Waals surface area (Å²) in [4.78, 5) is 0. The Balaban J connectivity index is 1.49. The molecule has 0 aliphatic heterocycles. The molecule has 178 valence electrons. The van der Waals surface area contributed by atoms with Crippen LogP contribution in [-0.4, -0.2) is 0 Å². The van der Waals surface area contributed by atoms with Crippen LogP contribution >= 0.6 is 0 Å². The van der Waals surface area contributed by atoms with Crippen LogP contribution in [-0.2, 0) is 0 Å². The lowest BCUT2D eigenvalue weighted by Crippen LogP contribution is -1.83. The first-order chi connectivity index (χ1) is 19.2. The molecule has 0 aromatic heterocycles. The molecule has 0 heterocycles. The highest BCUT2D eigenvalue weighted by Crippen LogP contribution is 2.48. The highest BCUT2D eigenvalue weighted by atomic mass is 19.1. The molecule has 0 saturated heterocycles. The van der Waals surface area contributed by atoms with Gasteiger partial charge in [-0.05, 0) is 145 Å². The molecule has 10 rings (SSSR count). The molecule has 10 aromatic rings. The zero-order chi connectivity index (χ0) is 25.4. The lowest BCUT2D eigenvalue weighted by atomic mass is 9.93. The van der Waals surface area contributed by atoms with Crippen molar-refractivity contribution in [1.29, 1.82) is 0 Å². The van der Waals surface area contributed by atoms with Crippen molar-refractivity contribution in [3.63, 3.8) is 0 Å². The van der Waals surface area contributed by atoms with E-state index >= 15 is 4.39 Å². The average molecular weight is 495 g/mol. The number of benzene rings is 8. The standard InChI is InChI=1S/C38H19F/c39-24-16-33-29-14-22-8-3-4-9-23(22)15-30(29)36-18-31-26-11-5-10-25-27-12-20-6-1-2-7-21(20)13-28(27)35(37(25)26)19-32(31)34(17-24)38(33)36/h1-19H. The minimum atomic E-state index is -0.186. The molecule has 0 radical (unpaired) electrons. The van der Waals surface area contributed by atoms with Crippen molar-refractivity contribution in [2.45, 2.75) is 0 Å². The van der Waals surface area contributed by atoms with Gasteiger partial charge in [-0.2, -0.15) is 0 Å². The van der Waals surface area contributed by atoms with Crippen molar-refractivity contribution in [2.75, 3.05) is 0 Å². The van der Waals surface area contributed by atoms with E-state index in [1.54, 1.807) is 12.1 Å². The van der Waals surface area contributed by atoms with Gasteiger partial charge >= 0.3 is 0 Å². The maximum atomic E-state index is 15.4. The second-order valence-corrected chi connectivity index (χ2v) is 11.0. The zero-order valence-corrected chi connectivity index (χ0v) is 20.8. The molecule has 0 aliphatic carbocycles. The summed E-state index contributed by atoms with van der Waals surface area (Å²) >= 11 is 0. The monoisotopic (exact) mass is 494 g/mol. The quantitative estimate of drug-likeness (QED) is 0.184. The molecule has 0 N–H and O–H groups in total. The number of rotatable bonds is 0. The van der Waals surface area contributed by atoms with Gasteiger partial charge in [-0.1, -0.05) is 66.7 Å². The summed E-state index contributed by atoms with van der Waals surface area (Å²) in [5.41, 5.74) is 0. The van der Waals surface area contributed by atoms with Crippen LogP contribution in [0, 0.1) is 5.82 Å². The van der Waals surface area contributed by atoms with Crippen molar-refractivity contribution in [1.82, 2.24) is 0 Å². The Morgan fingerprint density at radius 1 is 0.282 bits per heavy atom. The van der Waals surface area contributed by atoms with Crippen molar-refractivity contribution >= 4 is 97.0 Å². The fourth-order valence-corrected chi connectivity index (χ4v) is 7.44. The SMILES string of the molecule is Fc1cc2c3cc4ccccc4cc3c3cc4c(cc5c6cc7ccccc7cc6c6cccc4c65)c(c1)c23. The Morgan fingerprint density at radius 3 is 1.08 bits per heavy atom. The van der Waals surface area contributed by atoms with Crippen molar-refractivity contribution in [3.8, 4) is 0 Å². The van der Waals surface area contributed by atoms with Gasteiger partial charge in [-0.15, -0.1) is 0 Å². The van der Waals surface area contributed by atoms with E-state index in [1.165, 1.54) is 70.0 Å². The summed E-state index contributed by atoms with van der Waals surface area (Å²) in [6.07, 6.45) is 0. The van der Waals surface area contributed by atoms with Gasteiger partial charge in [0, 0.05) is 0 Å². The first-order valence-electron chi connectivity index (χ1n) is 13.5. The second kappa shape index (κ2) is 6.70. The highest BCUT2D eigenvalue weighted by molar-refractivity contribution is 6.41. The van der Waals surface area contributed by atoms with Gasteiger partial charge < -0.3 is 0 Å². The number of hydrogen-bond acceptors (Lipinski definition) is 0. The fourth-order valence-electron chi connectivity index (χ4n) is 7.44. The van der Waals surface area contributed by atoms with Crippen LogP contribution in [0.1, 0.15) is 0 Å². The van der Waals surface area contributed by atoms with Gasteiger partial charge in [-0.3, -0.25) is 0 Å². The molecule has 0 nitrogen and oxygen atoms in total. The molecule has 0 aliphatic rings. The molecule has 39 heavy (non-hydrogen) atoms. The molecule has 0 saturated carbocycles. The molecular formula is C38H19F. The summed E-state index contributed by atoms with van der Waals surface area (Å²) in [6, 6.07) is 41.0. The molecule has 10 aromatic carbocycles. The average Bonchev–Trinajstić information content (AvgIpc) is 3.44.